The van der Waals surface area contributed by atoms with E-state index in [9.17, 15) is 14.7 Å². The van der Waals surface area contributed by atoms with Gasteiger partial charge in [0.05, 0.1) is 5.02 Å². The van der Waals surface area contributed by atoms with Crippen molar-refractivity contribution >= 4 is 23.5 Å². The highest BCUT2D eigenvalue weighted by molar-refractivity contribution is 6.32. The van der Waals surface area contributed by atoms with Gasteiger partial charge in [-0.15, -0.1) is 0 Å². The molecule has 0 spiro atoms. The van der Waals surface area contributed by atoms with Gasteiger partial charge in [-0.2, -0.15) is 0 Å². The number of carbonyl (C=O) groups is 2. The van der Waals surface area contributed by atoms with E-state index < -0.39 is 23.8 Å². The number of halogens is 1. The largest absolute Gasteiger partial charge is 0.506 e. The van der Waals surface area contributed by atoms with Crippen LogP contribution in [0.25, 0.3) is 0 Å². The quantitative estimate of drug-likeness (QED) is 0.790. The normalized spacial score (nSPS) is 13.7. The molecular formula is C13H16ClNO4. The Balaban J connectivity index is 3.12. The Labute approximate surface area is 116 Å². The van der Waals surface area contributed by atoms with Gasteiger partial charge in [-0.25, -0.2) is 4.79 Å². The first-order valence-electron chi connectivity index (χ1n) is 5.73. The molecule has 6 heteroatoms. The molecule has 0 saturated heterocycles. The third kappa shape index (κ3) is 3.61. The van der Waals surface area contributed by atoms with Crippen LogP contribution in [0.4, 0.5) is 0 Å². The van der Waals surface area contributed by atoms with Crippen molar-refractivity contribution in [3.8, 4) is 5.75 Å². The molecule has 1 aromatic carbocycles. The highest BCUT2D eigenvalue weighted by Crippen LogP contribution is 2.32. The van der Waals surface area contributed by atoms with Crippen LogP contribution in [-0.4, -0.2) is 28.1 Å². The Morgan fingerprint density at radius 2 is 1.95 bits per heavy atom. The van der Waals surface area contributed by atoms with Gasteiger partial charge in [-0.05, 0) is 24.1 Å². The van der Waals surface area contributed by atoms with E-state index in [2.05, 4.69) is 5.32 Å². The standard InChI is InChI=1S/C13H16ClNO4/c1-6-4-9(5-10(14)12(6)17)7(2)11(13(18)19)15-8(3)16/h4-5,7,11,17H,1-3H3,(H,15,16)(H,18,19). The van der Waals surface area contributed by atoms with Gasteiger partial charge in [0.2, 0.25) is 5.91 Å². The zero-order valence-electron chi connectivity index (χ0n) is 10.9. The van der Waals surface area contributed by atoms with E-state index in [4.69, 9.17) is 16.7 Å². The van der Waals surface area contributed by atoms with Crippen molar-refractivity contribution < 1.29 is 19.8 Å². The number of amides is 1. The van der Waals surface area contributed by atoms with Crippen molar-refractivity contribution in [3.63, 3.8) is 0 Å². The van der Waals surface area contributed by atoms with E-state index in [-0.39, 0.29) is 10.8 Å². The number of carbonyl (C=O) groups excluding carboxylic acids is 1. The number of aryl methyl sites for hydroxylation is 1. The summed E-state index contributed by atoms with van der Waals surface area (Å²) < 4.78 is 0. The molecule has 0 aliphatic carbocycles. The molecule has 1 aromatic rings. The maximum atomic E-state index is 11.2. The lowest BCUT2D eigenvalue weighted by Gasteiger charge is -2.22. The Kier molecular flexibility index (Phi) is 4.78. The number of aliphatic carboxylic acids is 1. The molecule has 0 aliphatic rings. The minimum absolute atomic E-state index is 0.0241. The number of benzene rings is 1. The first-order valence-corrected chi connectivity index (χ1v) is 6.10. The van der Waals surface area contributed by atoms with E-state index in [1.165, 1.54) is 13.0 Å². The zero-order valence-corrected chi connectivity index (χ0v) is 11.7. The van der Waals surface area contributed by atoms with Gasteiger partial charge in [-0.3, -0.25) is 4.79 Å². The van der Waals surface area contributed by atoms with Crippen LogP contribution >= 0.6 is 11.6 Å². The molecule has 0 aliphatic heterocycles. The molecule has 2 unspecified atom stereocenters. The van der Waals surface area contributed by atoms with Crippen LogP contribution in [0.5, 0.6) is 5.75 Å². The van der Waals surface area contributed by atoms with Crippen LogP contribution in [0, 0.1) is 6.92 Å². The fraction of sp³-hybridized carbons (Fsp3) is 0.385. The van der Waals surface area contributed by atoms with Crippen LogP contribution in [0.15, 0.2) is 12.1 Å². The van der Waals surface area contributed by atoms with Crippen LogP contribution in [0.1, 0.15) is 30.9 Å². The lowest BCUT2D eigenvalue weighted by Crippen LogP contribution is -2.43. The lowest BCUT2D eigenvalue weighted by atomic mass is 9.92. The first kappa shape index (κ1) is 15.3. The van der Waals surface area contributed by atoms with Crippen molar-refractivity contribution in [1.29, 1.82) is 0 Å². The molecule has 104 valence electrons. The SMILES string of the molecule is CC(=O)NC(C(=O)O)C(C)c1cc(C)c(O)c(Cl)c1. The van der Waals surface area contributed by atoms with Gasteiger partial charge >= 0.3 is 5.97 Å². The molecule has 0 fully saturated rings. The van der Waals surface area contributed by atoms with E-state index in [1.807, 2.05) is 0 Å². The monoisotopic (exact) mass is 285 g/mol. The van der Waals surface area contributed by atoms with E-state index in [1.54, 1.807) is 19.9 Å². The second-order valence-electron chi connectivity index (χ2n) is 4.47. The number of aromatic hydroxyl groups is 1. The summed E-state index contributed by atoms with van der Waals surface area (Å²) in [5.41, 5.74) is 1.20. The van der Waals surface area contributed by atoms with Crippen LogP contribution in [0.2, 0.25) is 5.02 Å². The number of hydrogen-bond donors (Lipinski definition) is 3. The summed E-state index contributed by atoms with van der Waals surface area (Å²) in [4.78, 5) is 22.2. The van der Waals surface area contributed by atoms with Crippen molar-refractivity contribution in [2.45, 2.75) is 32.7 Å². The molecule has 0 aromatic heterocycles. The number of phenols is 1. The van der Waals surface area contributed by atoms with Gasteiger partial charge in [0.25, 0.3) is 0 Å². The summed E-state index contributed by atoms with van der Waals surface area (Å²) in [6.45, 7) is 4.61. The summed E-state index contributed by atoms with van der Waals surface area (Å²) in [6.07, 6.45) is 0. The molecule has 2 atom stereocenters. The van der Waals surface area contributed by atoms with Gasteiger partial charge in [-0.1, -0.05) is 24.6 Å². The topological polar surface area (TPSA) is 86.6 Å². The summed E-state index contributed by atoms with van der Waals surface area (Å²) >= 11 is 5.87. The number of carboxylic acid groups (broad SMARTS) is 1. The highest BCUT2D eigenvalue weighted by Gasteiger charge is 2.27. The van der Waals surface area contributed by atoms with Gasteiger partial charge in [0.1, 0.15) is 11.8 Å². The first-order chi connectivity index (χ1) is 8.73. The molecule has 5 nitrogen and oxygen atoms in total. The fourth-order valence-corrected chi connectivity index (χ4v) is 2.11. The third-order valence-corrected chi connectivity index (χ3v) is 3.22. The van der Waals surface area contributed by atoms with Crippen molar-refractivity contribution in [2.75, 3.05) is 0 Å². The van der Waals surface area contributed by atoms with E-state index >= 15 is 0 Å². The maximum Gasteiger partial charge on any atom is 0.326 e. The Hall–Kier alpha value is -1.75. The summed E-state index contributed by atoms with van der Waals surface area (Å²) in [5, 5.41) is 21.3. The zero-order chi connectivity index (χ0) is 14.7. The number of phenolic OH excluding ortho intramolecular Hbond substituents is 1. The van der Waals surface area contributed by atoms with Crippen LogP contribution in [0.3, 0.4) is 0 Å². The highest BCUT2D eigenvalue weighted by atomic mass is 35.5. The van der Waals surface area contributed by atoms with Gasteiger partial charge < -0.3 is 15.5 Å². The number of carboxylic acids is 1. The third-order valence-electron chi connectivity index (χ3n) is 2.93. The van der Waals surface area contributed by atoms with E-state index in [0.717, 1.165) is 0 Å². The summed E-state index contributed by atoms with van der Waals surface area (Å²) in [5.74, 6) is -2.03. The fourth-order valence-electron chi connectivity index (χ4n) is 1.84. The Morgan fingerprint density at radius 3 is 2.37 bits per heavy atom. The average Bonchev–Trinajstić information content (AvgIpc) is 2.31. The Morgan fingerprint density at radius 1 is 1.37 bits per heavy atom. The van der Waals surface area contributed by atoms with Crippen LogP contribution < -0.4 is 5.32 Å². The number of hydrogen-bond acceptors (Lipinski definition) is 3. The predicted octanol–water partition coefficient (Wildman–Crippen LogP) is 2.05. The molecule has 1 amide bonds. The Bertz CT molecular complexity index is 492. The number of nitrogens with one attached hydrogen (secondary N) is 1. The van der Waals surface area contributed by atoms with Crippen LogP contribution in [-0.2, 0) is 9.59 Å². The average molecular weight is 286 g/mol. The lowest BCUT2D eigenvalue weighted by molar-refractivity contribution is -0.142. The molecule has 0 saturated carbocycles. The second kappa shape index (κ2) is 5.93. The molecule has 3 N–H and O–H groups in total. The van der Waals surface area contributed by atoms with E-state index in [0.29, 0.717) is 11.1 Å². The molecule has 0 bridgehead atoms. The maximum absolute atomic E-state index is 11.2. The van der Waals surface area contributed by atoms with Gasteiger partial charge in [0.15, 0.2) is 0 Å². The minimum Gasteiger partial charge on any atom is -0.506 e. The van der Waals surface area contributed by atoms with Crippen molar-refractivity contribution in [2.24, 2.45) is 0 Å². The van der Waals surface area contributed by atoms with Crippen molar-refractivity contribution in [3.05, 3.63) is 28.3 Å². The molecule has 0 heterocycles. The van der Waals surface area contributed by atoms with Crippen molar-refractivity contribution in [1.82, 2.24) is 5.32 Å². The smallest absolute Gasteiger partial charge is 0.326 e. The predicted molar refractivity (Wildman–Crippen MR) is 71.5 cm³/mol. The summed E-state index contributed by atoms with van der Waals surface area (Å²) in [7, 11) is 0. The molecular weight excluding hydrogens is 270 g/mol. The molecule has 0 radical (unpaired) electrons. The molecule has 19 heavy (non-hydrogen) atoms. The van der Waals surface area contributed by atoms with Gasteiger partial charge in [0, 0.05) is 12.8 Å². The number of rotatable bonds is 4. The minimum atomic E-state index is -1.12. The second-order valence-corrected chi connectivity index (χ2v) is 4.88. The summed E-state index contributed by atoms with van der Waals surface area (Å²) in [6, 6.07) is 2.12. The molecule has 1 rings (SSSR count).